The third-order valence-corrected chi connectivity index (χ3v) is 5.74. The van der Waals surface area contributed by atoms with Crippen LogP contribution in [0, 0.1) is 10.1 Å². The van der Waals surface area contributed by atoms with Crippen molar-refractivity contribution in [3.8, 4) is 0 Å². The zero-order valence-electron chi connectivity index (χ0n) is 11.4. The summed E-state index contributed by atoms with van der Waals surface area (Å²) in [4.78, 5) is 21.2. The van der Waals surface area contributed by atoms with Gasteiger partial charge in [0.05, 0.1) is 29.5 Å². The molecule has 0 aromatic heterocycles. The number of hydrogen-bond acceptors (Lipinski definition) is 6. The Kier molecular flexibility index (Phi) is 5.85. The smallest absolute Gasteiger partial charge is 0.306 e. The van der Waals surface area contributed by atoms with E-state index in [2.05, 4.69) is 20.7 Å². The molecule has 1 aromatic carbocycles. The van der Waals surface area contributed by atoms with Crippen LogP contribution in [0.5, 0.6) is 0 Å². The molecule has 1 unspecified atom stereocenters. The zero-order valence-corrected chi connectivity index (χ0v) is 13.8. The quantitative estimate of drug-likeness (QED) is 0.426. The van der Waals surface area contributed by atoms with Gasteiger partial charge in [0.25, 0.3) is 5.69 Å². The minimum atomic E-state index is -3.57. The van der Waals surface area contributed by atoms with Crippen LogP contribution in [-0.2, 0) is 25.1 Å². The number of nitro benzene ring substituents is 1. The van der Waals surface area contributed by atoms with Gasteiger partial charge in [-0.05, 0) is 12.5 Å². The molecule has 0 aliphatic carbocycles. The standard InChI is InChI=1S/C12H14BrNO6S/c1-8(5-12(15)20-2)21(18,19)7-9-3-4-10(14(16)17)6-11(9)13/h3-4,6,8H,5,7H2,1-2H3. The van der Waals surface area contributed by atoms with Gasteiger partial charge in [-0.1, -0.05) is 22.0 Å². The van der Waals surface area contributed by atoms with Gasteiger partial charge in [0, 0.05) is 16.6 Å². The van der Waals surface area contributed by atoms with E-state index in [4.69, 9.17) is 0 Å². The van der Waals surface area contributed by atoms with Crippen molar-refractivity contribution in [3.05, 3.63) is 38.3 Å². The van der Waals surface area contributed by atoms with Gasteiger partial charge in [-0.15, -0.1) is 0 Å². The van der Waals surface area contributed by atoms with Crippen molar-refractivity contribution in [2.24, 2.45) is 0 Å². The number of hydrogen-bond donors (Lipinski definition) is 0. The predicted molar refractivity (Wildman–Crippen MR) is 79.5 cm³/mol. The van der Waals surface area contributed by atoms with E-state index in [0.29, 0.717) is 10.0 Å². The SMILES string of the molecule is COC(=O)CC(C)S(=O)(=O)Cc1ccc([N+](=O)[O-])cc1Br. The van der Waals surface area contributed by atoms with E-state index in [1.807, 2.05) is 0 Å². The number of halogens is 1. The highest BCUT2D eigenvalue weighted by molar-refractivity contribution is 9.10. The van der Waals surface area contributed by atoms with Crippen molar-refractivity contribution in [2.75, 3.05) is 7.11 Å². The minimum Gasteiger partial charge on any atom is -0.469 e. The van der Waals surface area contributed by atoms with E-state index in [1.165, 1.54) is 32.2 Å². The summed E-state index contributed by atoms with van der Waals surface area (Å²) in [5.41, 5.74) is 0.267. The fourth-order valence-corrected chi connectivity index (χ4v) is 3.62. The second-order valence-corrected chi connectivity index (χ2v) is 7.70. The first-order chi connectivity index (χ1) is 9.67. The molecule has 116 valence electrons. The molecule has 21 heavy (non-hydrogen) atoms. The van der Waals surface area contributed by atoms with Gasteiger partial charge in [-0.25, -0.2) is 8.42 Å². The highest BCUT2D eigenvalue weighted by atomic mass is 79.9. The minimum absolute atomic E-state index is 0.134. The number of sulfone groups is 1. The van der Waals surface area contributed by atoms with Gasteiger partial charge >= 0.3 is 5.97 Å². The molecule has 0 saturated heterocycles. The lowest BCUT2D eigenvalue weighted by Crippen LogP contribution is -2.23. The van der Waals surface area contributed by atoms with Gasteiger partial charge in [0.15, 0.2) is 9.84 Å². The summed E-state index contributed by atoms with van der Waals surface area (Å²) in [6.07, 6.45) is -0.233. The van der Waals surface area contributed by atoms with Gasteiger partial charge in [-0.2, -0.15) is 0 Å². The van der Waals surface area contributed by atoms with E-state index < -0.39 is 26.0 Å². The molecular weight excluding hydrogens is 366 g/mol. The van der Waals surface area contributed by atoms with Gasteiger partial charge in [0.2, 0.25) is 0 Å². The topological polar surface area (TPSA) is 104 Å². The summed E-state index contributed by atoms with van der Waals surface area (Å²) in [6, 6.07) is 3.86. The van der Waals surface area contributed by atoms with Crippen LogP contribution in [-0.4, -0.2) is 31.7 Å². The van der Waals surface area contributed by atoms with Crippen LogP contribution in [0.2, 0.25) is 0 Å². The molecule has 1 rings (SSSR count). The first-order valence-corrected chi connectivity index (χ1v) is 8.39. The number of carbonyl (C=O) groups is 1. The normalized spacial score (nSPS) is 12.7. The molecule has 7 nitrogen and oxygen atoms in total. The molecule has 0 spiro atoms. The average molecular weight is 380 g/mol. The van der Waals surface area contributed by atoms with E-state index in [0.717, 1.165) is 0 Å². The molecule has 0 aliphatic heterocycles. The lowest BCUT2D eigenvalue weighted by atomic mass is 10.2. The Morgan fingerprint density at radius 2 is 2.10 bits per heavy atom. The number of carbonyl (C=O) groups excluding carboxylic acids is 1. The first-order valence-electron chi connectivity index (χ1n) is 5.88. The lowest BCUT2D eigenvalue weighted by Gasteiger charge is -2.12. The van der Waals surface area contributed by atoms with Gasteiger partial charge in [-0.3, -0.25) is 14.9 Å². The summed E-state index contributed by atoms with van der Waals surface area (Å²) in [7, 11) is -2.39. The van der Waals surface area contributed by atoms with Crippen molar-refractivity contribution in [2.45, 2.75) is 24.3 Å². The number of ether oxygens (including phenoxy) is 1. The van der Waals surface area contributed by atoms with Crippen LogP contribution in [0.4, 0.5) is 5.69 Å². The third kappa shape index (κ3) is 4.78. The van der Waals surface area contributed by atoms with Crippen LogP contribution in [0.1, 0.15) is 18.9 Å². The summed E-state index contributed by atoms with van der Waals surface area (Å²) in [5.74, 6) is -0.919. The second kappa shape index (κ2) is 6.99. The monoisotopic (exact) mass is 379 g/mol. The molecule has 1 atom stereocenters. The first kappa shape index (κ1) is 17.6. The van der Waals surface area contributed by atoms with Crippen LogP contribution >= 0.6 is 15.9 Å². The number of rotatable bonds is 6. The zero-order chi connectivity index (χ0) is 16.2. The van der Waals surface area contributed by atoms with E-state index in [9.17, 15) is 23.3 Å². The Morgan fingerprint density at radius 1 is 1.48 bits per heavy atom. The molecule has 9 heteroatoms. The number of esters is 1. The Morgan fingerprint density at radius 3 is 2.57 bits per heavy atom. The predicted octanol–water partition coefficient (Wildman–Crippen LogP) is 2.22. The fraction of sp³-hybridized carbons (Fsp3) is 0.417. The maximum absolute atomic E-state index is 12.2. The number of nitrogens with zero attached hydrogens (tertiary/aromatic N) is 1. The average Bonchev–Trinajstić information content (AvgIpc) is 2.40. The molecule has 1 aromatic rings. The van der Waals surface area contributed by atoms with Gasteiger partial charge < -0.3 is 4.74 Å². The summed E-state index contributed by atoms with van der Waals surface area (Å²) in [6.45, 7) is 1.42. The molecule has 0 saturated carbocycles. The van der Waals surface area contributed by atoms with Crippen molar-refractivity contribution < 1.29 is 22.9 Å². The van der Waals surface area contributed by atoms with Crippen molar-refractivity contribution in [3.63, 3.8) is 0 Å². The molecule has 0 amide bonds. The highest BCUT2D eigenvalue weighted by Crippen LogP contribution is 2.26. The lowest BCUT2D eigenvalue weighted by molar-refractivity contribution is -0.384. The number of benzene rings is 1. The fourth-order valence-electron chi connectivity index (χ4n) is 1.57. The van der Waals surface area contributed by atoms with Crippen molar-refractivity contribution >= 4 is 37.4 Å². The number of non-ortho nitro benzene ring substituents is 1. The summed E-state index contributed by atoms with van der Waals surface area (Å²) < 4.78 is 29.1. The summed E-state index contributed by atoms with van der Waals surface area (Å²) >= 11 is 3.12. The maximum Gasteiger partial charge on any atom is 0.306 e. The Hall–Kier alpha value is -1.48. The Balaban J connectivity index is 2.94. The van der Waals surface area contributed by atoms with Crippen LogP contribution in [0.3, 0.4) is 0 Å². The van der Waals surface area contributed by atoms with E-state index >= 15 is 0 Å². The molecule has 0 heterocycles. The molecule has 0 bridgehead atoms. The molecule has 0 radical (unpaired) electrons. The second-order valence-electron chi connectivity index (χ2n) is 4.43. The Labute approximate surface area is 130 Å². The summed E-state index contributed by atoms with van der Waals surface area (Å²) in [5, 5.41) is 9.73. The van der Waals surface area contributed by atoms with Crippen LogP contribution < -0.4 is 0 Å². The highest BCUT2D eigenvalue weighted by Gasteiger charge is 2.25. The number of nitro groups is 1. The molecule has 0 aliphatic rings. The molecular formula is C12H14BrNO6S. The number of methoxy groups -OCH3 is 1. The third-order valence-electron chi connectivity index (χ3n) is 2.90. The largest absolute Gasteiger partial charge is 0.469 e. The maximum atomic E-state index is 12.2. The molecule has 0 N–H and O–H groups in total. The van der Waals surface area contributed by atoms with Crippen molar-refractivity contribution in [1.29, 1.82) is 0 Å². The Bertz CT molecular complexity index is 658. The van der Waals surface area contributed by atoms with Crippen LogP contribution in [0.15, 0.2) is 22.7 Å². The van der Waals surface area contributed by atoms with Gasteiger partial charge in [0.1, 0.15) is 0 Å². The molecule has 0 fully saturated rings. The van der Waals surface area contributed by atoms with E-state index in [-0.39, 0.29) is 17.9 Å². The van der Waals surface area contributed by atoms with E-state index in [1.54, 1.807) is 0 Å². The van der Waals surface area contributed by atoms with Crippen LogP contribution in [0.25, 0.3) is 0 Å². The van der Waals surface area contributed by atoms with Crippen molar-refractivity contribution in [1.82, 2.24) is 0 Å².